The quantitative estimate of drug-likeness (QED) is 0.331. The van der Waals surface area contributed by atoms with Gasteiger partial charge < -0.3 is 10.6 Å². The summed E-state index contributed by atoms with van der Waals surface area (Å²) >= 11 is 1.70. The van der Waals surface area contributed by atoms with Gasteiger partial charge in [0, 0.05) is 36.8 Å². The minimum Gasteiger partial charge on any atom is -0.357 e. The second-order valence-corrected chi connectivity index (χ2v) is 9.44. The van der Waals surface area contributed by atoms with Crippen molar-refractivity contribution in [3.63, 3.8) is 0 Å². The highest BCUT2D eigenvalue weighted by molar-refractivity contribution is 14.0. The molecule has 0 saturated carbocycles. The van der Waals surface area contributed by atoms with E-state index in [1.165, 1.54) is 4.88 Å². The Bertz CT molecular complexity index is 670. The zero-order valence-corrected chi connectivity index (χ0v) is 19.7. The number of thiazole rings is 1. The molecule has 10 heteroatoms. The van der Waals surface area contributed by atoms with Crippen molar-refractivity contribution in [2.45, 2.75) is 52.6 Å². The molecular weight excluding hydrogens is 485 g/mol. The number of hydrogen-bond acceptors (Lipinski definition) is 5. The third-order valence-corrected chi connectivity index (χ3v) is 7.23. The lowest BCUT2D eigenvalue weighted by Gasteiger charge is -2.32. The van der Waals surface area contributed by atoms with Gasteiger partial charge in [-0.05, 0) is 33.1 Å². The van der Waals surface area contributed by atoms with E-state index in [4.69, 9.17) is 0 Å². The second kappa shape index (κ2) is 11.4. The molecule has 1 aromatic rings. The molecular formula is C16H30IN5O2S2. The lowest BCUT2D eigenvalue weighted by Crippen LogP contribution is -2.50. The maximum absolute atomic E-state index is 11.9. The monoisotopic (exact) mass is 515 g/mol. The van der Waals surface area contributed by atoms with E-state index in [1.54, 1.807) is 22.6 Å². The van der Waals surface area contributed by atoms with E-state index in [-0.39, 0.29) is 35.8 Å². The van der Waals surface area contributed by atoms with Crippen molar-refractivity contribution in [2.75, 3.05) is 25.4 Å². The van der Waals surface area contributed by atoms with Crippen LogP contribution in [0.4, 0.5) is 0 Å². The molecule has 150 valence electrons. The molecule has 0 radical (unpaired) electrons. The number of piperidine rings is 1. The molecule has 0 amide bonds. The molecule has 1 aromatic heterocycles. The van der Waals surface area contributed by atoms with Crippen LogP contribution >= 0.6 is 35.3 Å². The van der Waals surface area contributed by atoms with Gasteiger partial charge in [-0.2, -0.15) is 0 Å². The van der Waals surface area contributed by atoms with E-state index in [1.807, 2.05) is 13.1 Å². The number of halogens is 1. The summed E-state index contributed by atoms with van der Waals surface area (Å²) in [7, 11) is -3.08. The van der Waals surface area contributed by atoms with Gasteiger partial charge in [-0.15, -0.1) is 35.3 Å². The highest BCUT2D eigenvalue weighted by Gasteiger charge is 2.26. The summed E-state index contributed by atoms with van der Waals surface area (Å²) in [5.74, 6) is 0.940. The van der Waals surface area contributed by atoms with E-state index in [0.717, 1.165) is 36.8 Å². The molecule has 0 spiro atoms. The van der Waals surface area contributed by atoms with Crippen LogP contribution < -0.4 is 10.6 Å². The van der Waals surface area contributed by atoms with Crippen LogP contribution in [0.25, 0.3) is 0 Å². The summed E-state index contributed by atoms with van der Waals surface area (Å²) in [5.41, 5.74) is 0. The average Bonchev–Trinajstić information content (AvgIpc) is 3.08. The number of aromatic nitrogens is 1. The van der Waals surface area contributed by atoms with Crippen LogP contribution in [0.2, 0.25) is 0 Å². The second-order valence-electron chi connectivity index (χ2n) is 5.99. The molecule has 2 heterocycles. The Kier molecular flexibility index (Phi) is 10.3. The first kappa shape index (κ1) is 23.6. The molecule has 1 aliphatic heterocycles. The van der Waals surface area contributed by atoms with Crippen molar-refractivity contribution in [3.05, 3.63) is 16.1 Å². The molecule has 1 fully saturated rings. The highest BCUT2D eigenvalue weighted by Crippen LogP contribution is 2.15. The van der Waals surface area contributed by atoms with Gasteiger partial charge in [0.05, 0.1) is 12.3 Å². The zero-order chi connectivity index (χ0) is 18.3. The molecule has 0 unspecified atom stereocenters. The van der Waals surface area contributed by atoms with E-state index < -0.39 is 10.0 Å². The molecule has 2 N–H and O–H groups in total. The number of hydrogen-bond donors (Lipinski definition) is 2. The topological polar surface area (TPSA) is 86.7 Å². The van der Waals surface area contributed by atoms with Crippen molar-refractivity contribution < 1.29 is 8.42 Å². The maximum Gasteiger partial charge on any atom is 0.213 e. The van der Waals surface area contributed by atoms with E-state index in [2.05, 4.69) is 27.5 Å². The molecule has 2 rings (SSSR count). The Morgan fingerprint density at radius 2 is 2.04 bits per heavy atom. The van der Waals surface area contributed by atoms with Crippen LogP contribution in [0.15, 0.2) is 11.2 Å². The standard InChI is InChI=1S/C16H29N5O2S2.HI/c1-4-14-11-18-15(24-14)12-19-16(17-5-2)20-13-7-9-21(10-8-13)25(22,23)6-3;/h11,13H,4-10,12H2,1-3H3,(H2,17,19,20);1H. The van der Waals surface area contributed by atoms with Crippen molar-refractivity contribution in [3.8, 4) is 0 Å². The molecule has 26 heavy (non-hydrogen) atoms. The summed E-state index contributed by atoms with van der Waals surface area (Å²) < 4.78 is 25.5. The van der Waals surface area contributed by atoms with Gasteiger partial charge in [-0.3, -0.25) is 0 Å². The summed E-state index contributed by atoms with van der Waals surface area (Å²) in [6.07, 6.45) is 4.50. The van der Waals surface area contributed by atoms with Crippen molar-refractivity contribution in [1.29, 1.82) is 0 Å². The fourth-order valence-electron chi connectivity index (χ4n) is 2.71. The number of aliphatic imine (C=N–C) groups is 1. The Morgan fingerprint density at radius 1 is 1.35 bits per heavy atom. The van der Waals surface area contributed by atoms with E-state index in [9.17, 15) is 8.42 Å². The summed E-state index contributed by atoms with van der Waals surface area (Å²) in [6.45, 7) is 8.33. The fraction of sp³-hybridized carbons (Fsp3) is 0.750. The normalized spacial score (nSPS) is 17.0. The van der Waals surface area contributed by atoms with Crippen LogP contribution in [0.5, 0.6) is 0 Å². The maximum atomic E-state index is 11.9. The number of nitrogens with one attached hydrogen (secondary N) is 2. The van der Waals surface area contributed by atoms with Crippen LogP contribution in [-0.2, 0) is 23.0 Å². The SMILES string of the molecule is CCNC(=NCc1ncc(CC)s1)NC1CCN(S(=O)(=O)CC)CC1.I. The number of aryl methyl sites for hydroxylation is 1. The largest absolute Gasteiger partial charge is 0.357 e. The van der Waals surface area contributed by atoms with Gasteiger partial charge in [-0.25, -0.2) is 22.7 Å². The summed E-state index contributed by atoms with van der Waals surface area (Å²) in [6, 6.07) is 0.239. The first-order valence-corrected chi connectivity index (χ1v) is 11.4. The van der Waals surface area contributed by atoms with E-state index >= 15 is 0 Å². The van der Waals surface area contributed by atoms with Gasteiger partial charge >= 0.3 is 0 Å². The number of rotatable bonds is 7. The molecule has 0 atom stereocenters. The van der Waals surface area contributed by atoms with Gasteiger partial charge in [0.1, 0.15) is 5.01 Å². The van der Waals surface area contributed by atoms with Crippen LogP contribution in [0.3, 0.4) is 0 Å². The number of sulfonamides is 1. The zero-order valence-electron chi connectivity index (χ0n) is 15.7. The van der Waals surface area contributed by atoms with Crippen LogP contribution in [0.1, 0.15) is 43.5 Å². The Morgan fingerprint density at radius 3 is 2.58 bits per heavy atom. The molecule has 0 bridgehead atoms. The average molecular weight is 515 g/mol. The lowest BCUT2D eigenvalue weighted by atomic mass is 10.1. The predicted octanol–water partition coefficient (Wildman–Crippen LogP) is 2.19. The molecule has 7 nitrogen and oxygen atoms in total. The van der Waals surface area contributed by atoms with Gasteiger partial charge in [0.25, 0.3) is 0 Å². The third kappa shape index (κ3) is 6.93. The minimum absolute atomic E-state index is 0. The number of nitrogens with zero attached hydrogens (tertiary/aromatic N) is 3. The Hall–Kier alpha value is -0.460. The highest BCUT2D eigenvalue weighted by atomic mass is 127. The van der Waals surface area contributed by atoms with Gasteiger partial charge in [0.2, 0.25) is 10.0 Å². The Labute approximate surface area is 178 Å². The summed E-state index contributed by atoms with van der Waals surface area (Å²) in [5, 5.41) is 7.70. The van der Waals surface area contributed by atoms with Crippen LogP contribution in [0, 0.1) is 0 Å². The number of guanidine groups is 1. The third-order valence-electron chi connectivity index (χ3n) is 4.22. The van der Waals surface area contributed by atoms with Crippen LogP contribution in [-0.4, -0.2) is 55.1 Å². The van der Waals surface area contributed by atoms with Crippen molar-refractivity contribution in [2.24, 2.45) is 4.99 Å². The fourth-order valence-corrected chi connectivity index (χ4v) is 4.62. The first-order valence-electron chi connectivity index (χ1n) is 8.94. The predicted molar refractivity (Wildman–Crippen MR) is 119 cm³/mol. The van der Waals surface area contributed by atoms with Crippen molar-refractivity contribution >= 4 is 51.3 Å². The summed E-state index contributed by atoms with van der Waals surface area (Å²) in [4.78, 5) is 10.3. The van der Waals surface area contributed by atoms with E-state index in [0.29, 0.717) is 19.6 Å². The minimum atomic E-state index is -3.08. The molecule has 0 aromatic carbocycles. The van der Waals surface area contributed by atoms with Crippen molar-refractivity contribution in [1.82, 2.24) is 19.9 Å². The molecule has 1 aliphatic rings. The van der Waals surface area contributed by atoms with Gasteiger partial charge in [-0.1, -0.05) is 6.92 Å². The Balaban J connectivity index is 0.00000338. The lowest BCUT2D eigenvalue weighted by molar-refractivity contribution is 0.306. The first-order chi connectivity index (χ1) is 12.0. The molecule has 1 saturated heterocycles. The van der Waals surface area contributed by atoms with Gasteiger partial charge in [0.15, 0.2) is 5.96 Å². The molecule has 0 aliphatic carbocycles. The smallest absolute Gasteiger partial charge is 0.213 e.